The van der Waals surface area contributed by atoms with E-state index in [-0.39, 0.29) is 6.61 Å². The summed E-state index contributed by atoms with van der Waals surface area (Å²) in [6.45, 7) is 1.70. The third-order valence-corrected chi connectivity index (χ3v) is 0.895. The second-order valence-electron chi connectivity index (χ2n) is 1.71. The number of nitrogens with one attached hydrogen (secondary N) is 1. The summed E-state index contributed by atoms with van der Waals surface area (Å²) in [5, 5.41) is 11.7. The Morgan fingerprint density at radius 2 is 2.17 bits per heavy atom. The molecule has 0 aromatic carbocycles. The van der Waals surface area contributed by atoms with Crippen LogP contribution >= 0.6 is 0 Å². The van der Waals surface area contributed by atoms with Crippen molar-refractivity contribution < 1.29 is 19.4 Å². The van der Waals surface area contributed by atoms with E-state index in [1.807, 2.05) is 0 Å². The molecule has 6 heteroatoms. The van der Waals surface area contributed by atoms with Crippen LogP contribution < -0.4 is 5.43 Å². The van der Waals surface area contributed by atoms with Crippen molar-refractivity contribution in [2.75, 3.05) is 13.7 Å². The van der Waals surface area contributed by atoms with Gasteiger partial charge in [0, 0.05) is 7.05 Å². The fourth-order valence-corrected chi connectivity index (χ4v) is 0.492. The van der Waals surface area contributed by atoms with Crippen molar-refractivity contribution in [2.24, 2.45) is 5.10 Å². The zero-order chi connectivity index (χ0) is 9.56. The number of aliphatic carboxylic acids is 1. The SMILES string of the molecule is CCOC(=O)C(=NNC)C(=O)O. The van der Waals surface area contributed by atoms with Gasteiger partial charge in [0.2, 0.25) is 0 Å². The first-order valence-electron chi connectivity index (χ1n) is 3.28. The predicted octanol–water partition coefficient (Wildman–Crippen LogP) is -0.791. The highest BCUT2D eigenvalue weighted by molar-refractivity contribution is 6.62. The highest BCUT2D eigenvalue weighted by atomic mass is 16.5. The zero-order valence-electron chi connectivity index (χ0n) is 6.83. The minimum atomic E-state index is -1.41. The van der Waals surface area contributed by atoms with Crippen LogP contribution in [0.1, 0.15) is 6.92 Å². The van der Waals surface area contributed by atoms with E-state index in [0.717, 1.165) is 0 Å². The Bertz CT molecular complexity index is 212. The fraction of sp³-hybridized carbons (Fsp3) is 0.500. The van der Waals surface area contributed by atoms with Gasteiger partial charge in [-0.05, 0) is 6.92 Å². The van der Waals surface area contributed by atoms with Crippen LogP contribution in [0.15, 0.2) is 5.10 Å². The first kappa shape index (κ1) is 10.4. The maximum absolute atomic E-state index is 10.8. The summed E-state index contributed by atoms with van der Waals surface area (Å²) in [4.78, 5) is 21.1. The number of carbonyl (C=O) groups is 2. The van der Waals surface area contributed by atoms with Gasteiger partial charge in [-0.1, -0.05) is 0 Å². The summed E-state index contributed by atoms with van der Waals surface area (Å²) in [6, 6.07) is 0. The lowest BCUT2D eigenvalue weighted by atomic mass is 10.4. The Morgan fingerprint density at radius 1 is 1.58 bits per heavy atom. The van der Waals surface area contributed by atoms with Gasteiger partial charge in [-0.15, -0.1) is 0 Å². The molecule has 0 heterocycles. The second kappa shape index (κ2) is 5.11. The number of hydrazone groups is 1. The maximum atomic E-state index is 10.8. The molecular formula is C6H10N2O4. The topological polar surface area (TPSA) is 88.0 Å². The van der Waals surface area contributed by atoms with Gasteiger partial charge in [0.25, 0.3) is 5.71 Å². The van der Waals surface area contributed by atoms with Crippen LogP contribution in [0.3, 0.4) is 0 Å². The highest BCUT2D eigenvalue weighted by Gasteiger charge is 2.20. The van der Waals surface area contributed by atoms with E-state index in [0.29, 0.717) is 0 Å². The van der Waals surface area contributed by atoms with E-state index in [4.69, 9.17) is 5.11 Å². The number of nitrogens with zero attached hydrogens (tertiary/aromatic N) is 1. The fourth-order valence-electron chi connectivity index (χ4n) is 0.492. The van der Waals surface area contributed by atoms with Gasteiger partial charge < -0.3 is 15.3 Å². The monoisotopic (exact) mass is 174 g/mol. The number of ether oxygens (including phenoxy) is 1. The number of hydrogen-bond acceptors (Lipinski definition) is 5. The van der Waals surface area contributed by atoms with E-state index in [2.05, 4.69) is 15.3 Å². The summed E-state index contributed by atoms with van der Waals surface area (Å²) in [6.07, 6.45) is 0. The van der Waals surface area contributed by atoms with Crippen LogP contribution in [0.25, 0.3) is 0 Å². The van der Waals surface area contributed by atoms with Crippen LogP contribution in [-0.4, -0.2) is 36.4 Å². The second-order valence-corrected chi connectivity index (χ2v) is 1.71. The van der Waals surface area contributed by atoms with E-state index in [1.165, 1.54) is 7.05 Å². The molecule has 2 N–H and O–H groups in total. The Morgan fingerprint density at radius 3 is 2.50 bits per heavy atom. The summed E-state index contributed by atoms with van der Waals surface area (Å²) in [5.74, 6) is -2.36. The van der Waals surface area contributed by atoms with Crippen molar-refractivity contribution in [3.8, 4) is 0 Å². The molecule has 0 aliphatic rings. The van der Waals surface area contributed by atoms with E-state index >= 15 is 0 Å². The molecule has 0 bridgehead atoms. The third-order valence-electron chi connectivity index (χ3n) is 0.895. The van der Waals surface area contributed by atoms with Gasteiger partial charge in [-0.3, -0.25) is 0 Å². The minimum Gasteiger partial charge on any atom is -0.476 e. The summed E-state index contributed by atoms with van der Waals surface area (Å²) < 4.78 is 4.43. The smallest absolute Gasteiger partial charge is 0.366 e. The highest BCUT2D eigenvalue weighted by Crippen LogP contribution is 1.84. The molecule has 0 radical (unpaired) electrons. The lowest BCUT2D eigenvalue weighted by molar-refractivity contribution is -0.138. The lowest BCUT2D eigenvalue weighted by Crippen LogP contribution is -2.27. The van der Waals surface area contributed by atoms with Gasteiger partial charge >= 0.3 is 11.9 Å². The van der Waals surface area contributed by atoms with Gasteiger partial charge in [0.1, 0.15) is 0 Å². The molecule has 6 nitrogen and oxygen atoms in total. The standard InChI is InChI=1S/C6H10N2O4/c1-3-12-6(11)4(5(9)10)8-7-2/h7H,3H2,1-2H3,(H,9,10). The van der Waals surface area contributed by atoms with Gasteiger partial charge in [-0.25, -0.2) is 9.59 Å². The van der Waals surface area contributed by atoms with Crippen molar-refractivity contribution in [3.63, 3.8) is 0 Å². The van der Waals surface area contributed by atoms with Crippen molar-refractivity contribution in [1.82, 2.24) is 5.43 Å². The van der Waals surface area contributed by atoms with Crippen LogP contribution in [0.5, 0.6) is 0 Å². The molecule has 12 heavy (non-hydrogen) atoms. The molecule has 0 aromatic rings. The number of carboxylic acids is 1. The predicted molar refractivity (Wildman–Crippen MR) is 40.8 cm³/mol. The van der Waals surface area contributed by atoms with E-state index in [9.17, 15) is 9.59 Å². The average molecular weight is 174 g/mol. The van der Waals surface area contributed by atoms with Crippen LogP contribution in [-0.2, 0) is 14.3 Å². The molecule has 0 aliphatic heterocycles. The molecule has 0 atom stereocenters. The molecule has 0 spiro atoms. The molecule has 0 unspecified atom stereocenters. The number of hydrogen-bond donors (Lipinski definition) is 2. The normalized spacial score (nSPS) is 10.7. The quantitative estimate of drug-likeness (QED) is 0.252. The van der Waals surface area contributed by atoms with Crippen LogP contribution in [0, 0.1) is 0 Å². The van der Waals surface area contributed by atoms with Crippen molar-refractivity contribution >= 4 is 17.7 Å². The van der Waals surface area contributed by atoms with Gasteiger partial charge in [0.05, 0.1) is 6.61 Å². The molecular weight excluding hydrogens is 164 g/mol. The molecule has 0 rings (SSSR count). The summed E-state index contributed by atoms with van der Waals surface area (Å²) in [5.41, 5.74) is 1.54. The van der Waals surface area contributed by atoms with Crippen molar-refractivity contribution in [1.29, 1.82) is 0 Å². The van der Waals surface area contributed by atoms with E-state index < -0.39 is 17.7 Å². The number of esters is 1. The zero-order valence-corrected chi connectivity index (χ0v) is 6.83. The number of carboxylic acid groups (broad SMARTS) is 1. The van der Waals surface area contributed by atoms with Gasteiger partial charge in [0.15, 0.2) is 0 Å². The van der Waals surface area contributed by atoms with Gasteiger partial charge in [-0.2, -0.15) is 5.10 Å². The van der Waals surface area contributed by atoms with E-state index in [1.54, 1.807) is 6.92 Å². The first-order valence-corrected chi connectivity index (χ1v) is 3.28. The van der Waals surface area contributed by atoms with Crippen molar-refractivity contribution in [3.05, 3.63) is 0 Å². The molecule has 0 saturated carbocycles. The molecule has 68 valence electrons. The largest absolute Gasteiger partial charge is 0.476 e. The maximum Gasteiger partial charge on any atom is 0.366 e. The number of carbonyl (C=O) groups excluding carboxylic acids is 1. The lowest BCUT2D eigenvalue weighted by Gasteiger charge is -1.99. The van der Waals surface area contributed by atoms with Crippen LogP contribution in [0.2, 0.25) is 0 Å². The van der Waals surface area contributed by atoms with Crippen molar-refractivity contribution in [2.45, 2.75) is 6.92 Å². The molecule has 0 fully saturated rings. The minimum absolute atomic E-state index is 0.120. The molecule has 0 aliphatic carbocycles. The first-order chi connectivity index (χ1) is 5.63. The third kappa shape index (κ3) is 3.00. The average Bonchev–Trinajstić information content (AvgIpc) is 1.99. The summed E-state index contributed by atoms with van der Waals surface area (Å²) >= 11 is 0. The Balaban J connectivity index is 4.41. The Hall–Kier alpha value is -1.59. The molecule has 0 saturated heterocycles. The number of rotatable bonds is 4. The molecule has 0 aromatic heterocycles. The Labute approximate surface area is 69.2 Å². The van der Waals surface area contributed by atoms with Crippen LogP contribution in [0.4, 0.5) is 0 Å². The molecule has 0 amide bonds. The Kier molecular flexibility index (Phi) is 4.43. The summed E-state index contributed by atoms with van der Waals surface area (Å²) in [7, 11) is 1.39.